The molecule has 2 rings (SSSR count). The van der Waals surface area contributed by atoms with Crippen molar-refractivity contribution >= 4 is 40.6 Å². The van der Waals surface area contributed by atoms with E-state index in [1.54, 1.807) is 37.6 Å². The van der Waals surface area contributed by atoms with E-state index in [-0.39, 0.29) is 12.5 Å². The third-order valence-corrected chi connectivity index (χ3v) is 3.67. The Morgan fingerprint density at radius 2 is 2.08 bits per heavy atom. The summed E-state index contributed by atoms with van der Waals surface area (Å²) in [6, 6.07) is 8.36. The second-order valence-corrected chi connectivity index (χ2v) is 5.96. The quantitative estimate of drug-likeness (QED) is 0.643. The summed E-state index contributed by atoms with van der Waals surface area (Å²) in [6.07, 6.45) is 2.55. The highest BCUT2D eigenvalue weighted by Gasteiger charge is 2.07. The van der Waals surface area contributed by atoms with Gasteiger partial charge in [-0.2, -0.15) is 0 Å². The maximum absolute atomic E-state index is 11.9. The third-order valence-electron chi connectivity index (χ3n) is 3.14. The molecular weight excluding hydrogens is 365 g/mol. The molecule has 0 aliphatic rings. The second-order valence-electron chi connectivity index (χ2n) is 5.12. The fourth-order valence-electron chi connectivity index (χ4n) is 1.94. The van der Waals surface area contributed by atoms with Crippen LogP contribution in [0.25, 0.3) is 0 Å². The maximum Gasteiger partial charge on any atom is 0.263 e. The number of nitrogens with one attached hydrogen (secondary N) is 2. The van der Waals surface area contributed by atoms with Crippen molar-refractivity contribution in [1.82, 2.24) is 4.98 Å². The zero-order valence-corrected chi connectivity index (χ0v) is 15.2. The fraction of sp³-hybridized carbons (Fsp3) is 0.294. The summed E-state index contributed by atoms with van der Waals surface area (Å²) in [5, 5.41) is 6.72. The lowest BCUT2D eigenvalue weighted by molar-refractivity contribution is -0.118. The lowest BCUT2D eigenvalue weighted by atomic mass is 10.3. The topological polar surface area (TPSA) is 72.5 Å². The molecule has 0 unspecified atom stereocenters. The number of halogens is 2. The van der Waals surface area contributed by atoms with Crippen molar-refractivity contribution < 1.29 is 14.3 Å². The van der Waals surface area contributed by atoms with E-state index in [4.69, 9.17) is 32.7 Å². The Kier molecular flexibility index (Phi) is 7.78. The molecule has 0 aliphatic heterocycles. The van der Waals surface area contributed by atoms with Crippen molar-refractivity contribution in [1.29, 1.82) is 0 Å². The van der Waals surface area contributed by atoms with Crippen molar-refractivity contribution in [2.45, 2.75) is 6.42 Å². The Bertz CT molecular complexity index is 696. The van der Waals surface area contributed by atoms with Crippen molar-refractivity contribution in [2.75, 3.05) is 37.5 Å². The van der Waals surface area contributed by atoms with Crippen LogP contribution in [0.15, 0.2) is 36.5 Å². The Morgan fingerprint density at radius 3 is 2.76 bits per heavy atom. The largest absolute Gasteiger partial charge is 0.482 e. The number of rotatable bonds is 9. The van der Waals surface area contributed by atoms with Gasteiger partial charge in [0.2, 0.25) is 0 Å². The molecule has 8 heteroatoms. The number of amides is 1. The van der Waals surface area contributed by atoms with Crippen LogP contribution in [-0.4, -0.2) is 37.8 Å². The summed E-state index contributed by atoms with van der Waals surface area (Å²) in [7, 11) is 1.67. The zero-order chi connectivity index (χ0) is 18.1. The van der Waals surface area contributed by atoms with Crippen LogP contribution in [-0.2, 0) is 9.53 Å². The molecule has 0 saturated heterocycles. The molecule has 25 heavy (non-hydrogen) atoms. The van der Waals surface area contributed by atoms with Crippen LogP contribution in [0.1, 0.15) is 6.42 Å². The van der Waals surface area contributed by atoms with E-state index < -0.39 is 0 Å². The van der Waals surface area contributed by atoms with Gasteiger partial charge in [0.15, 0.2) is 6.61 Å². The molecule has 0 saturated carbocycles. The molecule has 1 aromatic heterocycles. The lowest BCUT2D eigenvalue weighted by Crippen LogP contribution is -2.20. The van der Waals surface area contributed by atoms with Gasteiger partial charge in [-0.3, -0.25) is 4.79 Å². The number of hydrogen-bond acceptors (Lipinski definition) is 5. The molecule has 1 aromatic carbocycles. The first-order valence-electron chi connectivity index (χ1n) is 7.65. The SMILES string of the molecule is COCCCNc1ccc(NC(=O)COc2ccc(Cl)cc2Cl)nc1. The maximum atomic E-state index is 11.9. The number of carbonyl (C=O) groups excluding carboxylic acids is 1. The molecular formula is C17H19Cl2N3O3. The van der Waals surface area contributed by atoms with E-state index in [0.29, 0.717) is 28.2 Å². The van der Waals surface area contributed by atoms with Crippen molar-refractivity contribution in [3.63, 3.8) is 0 Å². The molecule has 2 aromatic rings. The number of benzene rings is 1. The number of nitrogens with zero attached hydrogens (tertiary/aromatic N) is 1. The molecule has 0 radical (unpaired) electrons. The predicted octanol–water partition coefficient (Wildman–Crippen LogP) is 3.85. The van der Waals surface area contributed by atoms with Crippen LogP contribution in [0.3, 0.4) is 0 Å². The standard InChI is InChI=1S/C17H19Cl2N3O3/c1-24-8-2-7-20-13-4-6-16(21-10-13)22-17(23)11-25-15-5-3-12(18)9-14(15)19/h3-6,9-10,20H,2,7-8,11H2,1H3,(H,21,22,23). The molecule has 0 fully saturated rings. The summed E-state index contributed by atoms with van der Waals surface area (Å²) in [5.41, 5.74) is 0.873. The zero-order valence-electron chi connectivity index (χ0n) is 13.7. The first kappa shape index (κ1) is 19.3. The first-order chi connectivity index (χ1) is 12.1. The van der Waals surface area contributed by atoms with Gasteiger partial charge in [0.05, 0.1) is 16.9 Å². The van der Waals surface area contributed by atoms with Gasteiger partial charge in [-0.25, -0.2) is 4.98 Å². The number of aromatic nitrogens is 1. The molecule has 6 nitrogen and oxygen atoms in total. The molecule has 1 amide bonds. The Hall–Kier alpha value is -2.02. The highest BCUT2D eigenvalue weighted by Crippen LogP contribution is 2.27. The van der Waals surface area contributed by atoms with Gasteiger partial charge >= 0.3 is 0 Å². The van der Waals surface area contributed by atoms with Gasteiger partial charge in [-0.1, -0.05) is 23.2 Å². The molecule has 0 bridgehead atoms. The van der Waals surface area contributed by atoms with Crippen molar-refractivity contribution in [3.8, 4) is 5.75 Å². The number of methoxy groups -OCH3 is 1. The van der Waals surface area contributed by atoms with Crippen LogP contribution in [0.2, 0.25) is 10.0 Å². The highest BCUT2D eigenvalue weighted by molar-refractivity contribution is 6.35. The number of pyridine rings is 1. The van der Waals surface area contributed by atoms with Crippen molar-refractivity contribution in [2.24, 2.45) is 0 Å². The molecule has 0 atom stereocenters. The van der Waals surface area contributed by atoms with E-state index in [1.165, 1.54) is 0 Å². The average Bonchev–Trinajstić information content (AvgIpc) is 2.59. The van der Waals surface area contributed by atoms with Gasteiger partial charge in [-0.05, 0) is 36.8 Å². The van der Waals surface area contributed by atoms with E-state index in [0.717, 1.165) is 18.7 Å². The monoisotopic (exact) mass is 383 g/mol. The van der Waals surface area contributed by atoms with Crippen LogP contribution < -0.4 is 15.4 Å². The normalized spacial score (nSPS) is 10.4. The summed E-state index contributed by atoms with van der Waals surface area (Å²) >= 11 is 11.8. The minimum absolute atomic E-state index is 0.181. The minimum Gasteiger partial charge on any atom is -0.482 e. The summed E-state index contributed by atoms with van der Waals surface area (Å²) in [5.74, 6) is 0.502. The van der Waals surface area contributed by atoms with Gasteiger partial charge in [-0.15, -0.1) is 0 Å². The van der Waals surface area contributed by atoms with E-state index in [2.05, 4.69) is 15.6 Å². The fourth-order valence-corrected chi connectivity index (χ4v) is 2.40. The number of ether oxygens (including phenoxy) is 2. The molecule has 2 N–H and O–H groups in total. The van der Waals surface area contributed by atoms with E-state index in [9.17, 15) is 4.79 Å². The van der Waals surface area contributed by atoms with Gasteiger partial charge in [0.1, 0.15) is 11.6 Å². The van der Waals surface area contributed by atoms with Gasteiger partial charge < -0.3 is 20.1 Å². The van der Waals surface area contributed by atoms with Crippen LogP contribution >= 0.6 is 23.2 Å². The first-order valence-corrected chi connectivity index (χ1v) is 8.40. The molecule has 1 heterocycles. The Labute approximate surface area is 156 Å². The van der Waals surface area contributed by atoms with E-state index in [1.807, 2.05) is 6.07 Å². The molecule has 0 spiro atoms. The minimum atomic E-state index is -0.334. The smallest absolute Gasteiger partial charge is 0.263 e. The highest BCUT2D eigenvalue weighted by atomic mass is 35.5. The number of anilines is 2. The summed E-state index contributed by atoms with van der Waals surface area (Å²) in [4.78, 5) is 16.1. The lowest BCUT2D eigenvalue weighted by Gasteiger charge is -2.09. The average molecular weight is 384 g/mol. The Morgan fingerprint density at radius 1 is 1.24 bits per heavy atom. The Balaban J connectivity index is 1.78. The second kappa shape index (κ2) is 10.1. The van der Waals surface area contributed by atoms with Crippen LogP contribution in [0.5, 0.6) is 5.75 Å². The van der Waals surface area contributed by atoms with E-state index >= 15 is 0 Å². The summed E-state index contributed by atoms with van der Waals surface area (Å²) < 4.78 is 10.4. The molecule has 0 aliphatic carbocycles. The number of carbonyl (C=O) groups is 1. The number of hydrogen-bond donors (Lipinski definition) is 2. The third kappa shape index (κ3) is 6.78. The molecule has 134 valence electrons. The summed E-state index contributed by atoms with van der Waals surface area (Å²) in [6.45, 7) is 1.31. The predicted molar refractivity (Wildman–Crippen MR) is 99.8 cm³/mol. The van der Waals surface area contributed by atoms with Gasteiger partial charge in [0, 0.05) is 25.3 Å². The van der Waals surface area contributed by atoms with Crippen LogP contribution in [0, 0.1) is 0 Å². The van der Waals surface area contributed by atoms with Crippen LogP contribution in [0.4, 0.5) is 11.5 Å². The van der Waals surface area contributed by atoms with Gasteiger partial charge in [0.25, 0.3) is 5.91 Å². The van der Waals surface area contributed by atoms with Crippen molar-refractivity contribution in [3.05, 3.63) is 46.6 Å².